The van der Waals surface area contributed by atoms with Gasteiger partial charge >= 0.3 is 0 Å². The highest BCUT2D eigenvalue weighted by atomic mass is 79.9. The number of aryl methyl sites for hydroxylation is 1. The van der Waals surface area contributed by atoms with Gasteiger partial charge in [-0.15, -0.1) is 27.8 Å². The molecule has 116 valence electrons. The summed E-state index contributed by atoms with van der Waals surface area (Å²) in [4.78, 5) is 2.58. The predicted molar refractivity (Wildman–Crippen MR) is 98.9 cm³/mol. The number of hydrogen-bond donors (Lipinski definition) is 2. The second kappa shape index (κ2) is 6.62. The molecule has 0 fully saturated rings. The zero-order valence-electron chi connectivity index (χ0n) is 12.4. The number of anilines is 1. The molecule has 4 nitrogen and oxygen atoms in total. The third-order valence-electron chi connectivity index (χ3n) is 3.39. The molecule has 0 amide bonds. The monoisotopic (exact) mass is 396 g/mol. The number of aromatic nitrogens is 2. The van der Waals surface area contributed by atoms with Gasteiger partial charge < -0.3 is 11.1 Å². The number of nitrogens with one attached hydrogen (secondary N) is 1. The van der Waals surface area contributed by atoms with Crippen LogP contribution in [0, 0.1) is 6.92 Å². The summed E-state index contributed by atoms with van der Waals surface area (Å²) in [7, 11) is 0. The SMILES string of the molecule is Cc1c(CC(C)N)sc2c(NCc3ccc(Br)s3)cnnc12. The van der Waals surface area contributed by atoms with Gasteiger partial charge in [-0.05, 0) is 53.9 Å². The summed E-state index contributed by atoms with van der Waals surface area (Å²) in [5, 5.41) is 11.9. The van der Waals surface area contributed by atoms with E-state index in [4.69, 9.17) is 5.73 Å². The van der Waals surface area contributed by atoms with Crippen LogP contribution in [0.25, 0.3) is 10.2 Å². The van der Waals surface area contributed by atoms with Crippen LogP contribution in [0.4, 0.5) is 5.69 Å². The van der Waals surface area contributed by atoms with Crippen LogP contribution in [0.1, 0.15) is 22.2 Å². The maximum Gasteiger partial charge on any atom is 0.109 e. The van der Waals surface area contributed by atoms with Crippen molar-refractivity contribution in [3.05, 3.63) is 37.4 Å². The van der Waals surface area contributed by atoms with Crippen LogP contribution in [-0.2, 0) is 13.0 Å². The van der Waals surface area contributed by atoms with Gasteiger partial charge in [-0.1, -0.05) is 0 Å². The lowest BCUT2D eigenvalue weighted by atomic mass is 10.1. The topological polar surface area (TPSA) is 63.8 Å². The highest BCUT2D eigenvalue weighted by Gasteiger charge is 2.14. The zero-order valence-corrected chi connectivity index (χ0v) is 15.6. The van der Waals surface area contributed by atoms with E-state index in [1.54, 1.807) is 28.9 Å². The lowest BCUT2D eigenvalue weighted by molar-refractivity contribution is 0.744. The molecule has 0 saturated heterocycles. The molecule has 0 saturated carbocycles. The molecule has 22 heavy (non-hydrogen) atoms. The van der Waals surface area contributed by atoms with Crippen molar-refractivity contribution in [2.45, 2.75) is 32.9 Å². The van der Waals surface area contributed by atoms with E-state index in [-0.39, 0.29) is 6.04 Å². The van der Waals surface area contributed by atoms with E-state index in [9.17, 15) is 0 Å². The summed E-state index contributed by atoms with van der Waals surface area (Å²) in [6.45, 7) is 4.92. The molecular weight excluding hydrogens is 380 g/mol. The molecule has 0 spiro atoms. The molecule has 3 aromatic heterocycles. The normalized spacial score (nSPS) is 12.7. The molecule has 7 heteroatoms. The second-order valence-corrected chi connectivity index (χ2v) is 8.98. The van der Waals surface area contributed by atoms with Crippen LogP contribution in [0.5, 0.6) is 0 Å². The Morgan fingerprint density at radius 3 is 2.86 bits per heavy atom. The molecule has 1 atom stereocenters. The molecule has 3 rings (SSSR count). The number of halogens is 1. The largest absolute Gasteiger partial charge is 0.378 e. The minimum Gasteiger partial charge on any atom is -0.378 e. The van der Waals surface area contributed by atoms with Gasteiger partial charge in [0.05, 0.1) is 20.4 Å². The highest BCUT2D eigenvalue weighted by molar-refractivity contribution is 9.11. The summed E-state index contributed by atoms with van der Waals surface area (Å²) in [5.41, 5.74) is 9.17. The first kappa shape index (κ1) is 15.9. The minimum atomic E-state index is 0.152. The van der Waals surface area contributed by atoms with Gasteiger partial charge in [0.2, 0.25) is 0 Å². The summed E-state index contributed by atoms with van der Waals surface area (Å²) >= 11 is 6.99. The molecule has 0 bridgehead atoms. The molecule has 0 aliphatic rings. The van der Waals surface area contributed by atoms with E-state index in [0.717, 1.165) is 28.0 Å². The third-order valence-corrected chi connectivity index (χ3v) is 6.35. The van der Waals surface area contributed by atoms with Gasteiger partial charge in [0.15, 0.2) is 0 Å². The van der Waals surface area contributed by atoms with Gasteiger partial charge in [-0.3, -0.25) is 0 Å². The van der Waals surface area contributed by atoms with E-state index >= 15 is 0 Å². The van der Waals surface area contributed by atoms with Crippen molar-refractivity contribution in [1.82, 2.24) is 10.2 Å². The van der Waals surface area contributed by atoms with Crippen LogP contribution in [-0.4, -0.2) is 16.2 Å². The Morgan fingerprint density at radius 1 is 1.36 bits per heavy atom. The molecular formula is C15H17BrN4S2. The standard InChI is InChI=1S/C15H17BrN4S2/c1-8(17)5-12-9(2)14-15(22-12)11(7-19-20-14)18-6-10-3-4-13(16)21-10/h3-4,7-8H,5-6,17H2,1-2H3,(H,18,20). The van der Waals surface area contributed by atoms with E-state index in [1.165, 1.54) is 20.0 Å². The van der Waals surface area contributed by atoms with Crippen molar-refractivity contribution in [3.8, 4) is 0 Å². The number of fused-ring (bicyclic) bond motifs is 1. The van der Waals surface area contributed by atoms with Crippen LogP contribution in [0.3, 0.4) is 0 Å². The van der Waals surface area contributed by atoms with Crippen molar-refractivity contribution in [3.63, 3.8) is 0 Å². The minimum absolute atomic E-state index is 0.152. The number of nitrogens with zero attached hydrogens (tertiary/aromatic N) is 2. The number of thiophene rings is 2. The fourth-order valence-corrected chi connectivity index (χ4v) is 5.09. The molecule has 1 unspecified atom stereocenters. The average Bonchev–Trinajstić information content (AvgIpc) is 3.02. The summed E-state index contributed by atoms with van der Waals surface area (Å²) < 4.78 is 2.31. The van der Waals surface area contributed by atoms with Crippen LogP contribution in [0.15, 0.2) is 22.1 Å². The summed E-state index contributed by atoms with van der Waals surface area (Å²) in [6, 6.07) is 4.34. The third kappa shape index (κ3) is 3.32. The van der Waals surface area contributed by atoms with Crippen molar-refractivity contribution in [2.75, 3.05) is 5.32 Å². The summed E-state index contributed by atoms with van der Waals surface area (Å²) in [6.07, 6.45) is 2.68. The smallest absolute Gasteiger partial charge is 0.109 e. The van der Waals surface area contributed by atoms with Crippen molar-refractivity contribution < 1.29 is 0 Å². The second-order valence-electron chi connectivity index (χ2n) is 5.33. The van der Waals surface area contributed by atoms with Gasteiger partial charge in [0.1, 0.15) is 5.52 Å². The first-order valence-corrected chi connectivity index (χ1v) is 9.44. The molecule has 3 heterocycles. The van der Waals surface area contributed by atoms with E-state index < -0.39 is 0 Å². The van der Waals surface area contributed by atoms with Crippen LogP contribution in [0.2, 0.25) is 0 Å². The first-order valence-electron chi connectivity index (χ1n) is 7.02. The average molecular weight is 397 g/mol. The van der Waals surface area contributed by atoms with Crippen molar-refractivity contribution >= 4 is 54.5 Å². The highest BCUT2D eigenvalue weighted by Crippen LogP contribution is 2.35. The zero-order chi connectivity index (χ0) is 15.7. The molecule has 3 aromatic rings. The van der Waals surface area contributed by atoms with E-state index in [2.05, 4.69) is 50.5 Å². The lowest BCUT2D eigenvalue weighted by Gasteiger charge is -2.04. The Morgan fingerprint density at radius 2 is 2.18 bits per heavy atom. The quantitative estimate of drug-likeness (QED) is 0.673. The first-order chi connectivity index (χ1) is 10.5. The molecule has 0 aliphatic heterocycles. The number of rotatable bonds is 5. The maximum atomic E-state index is 5.94. The lowest BCUT2D eigenvalue weighted by Crippen LogP contribution is -2.17. The van der Waals surface area contributed by atoms with E-state index in [1.807, 2.05) is 6.92 Å². The maximum absolute atomic E-state index is 5.94. The van der Waals surface area contributed by atoms with Gasteiger partial charge in [-0.2, -0.15) is 5.10 Å². The Hall–Kier alpha value is -1.02. The van der Waals surface area contributed by atoms with Crippen molar-refractivity contribution in [1.29, 1.82) is 0 Å². The molecule has 0 aliphatic carbocycles. The molecule has 0 radical (unpaired) electrons. The van der Waals surface area contributed by atoms with Crippen LogP contribution >= 0.6 is 38.6 Å². The van der Waals surface area contributed by atoms with Crippen LogP contribution < -0.4 is 11.1 Å². The molecule has 0 aromatic carbocycles. The Balaban J connectivity index is 1.89. The Kier molecular flexibility index (Phi) is 4.77. The fourth-order valence-electron chi connectivity index (χ4n) is 2.30. The van der Waals surface area contributed by atoms with E-state index in [0.29, 0.717) is 0 Å². The van der Waals surface area contributed by atoms with Gasteiger partial charge in [0.25, 0.3) is 0 Å². The number of nitrogens with two attached hydrogens (primary N) is 1. The summed E-state index contributed by atoms with van der Waals surface area (Å²) in [5.74, 6) is 0. The van der Waals surface area contributed by atoms with Gasteiger partial charge in [-0.25, -0.2) is 0 Å². The fraction of sp³-hybridized carbons (Fsp3) is 0.333. The van der Waals surface area contributed by atoms with Gasteiger partial charge in [0, 0.05) is 22.3 Å². The molecule has 3 N–H and O–H groups in total. The number of hydrogen-bond acceptors (Lipinski definition) is 6. The predicted octanol–water partition coefficient (Wildman–Crippen LogP) is 4.33. The Labute approximate surface area is 145 Å². The Bertz CT molecular complexity index is 794. The van der Waals surface area contributed by atoms with Crippen molar-refractivity contribution in [2.24, 2.45) is 5.73 Å².